The van der Waals surface area contributed by atoms with Crippen molar-refractivity contribution in [1.29, 1.82) is 0 Å². The van der Waals surface area contributed by atoms with Gasteiger partial charge in [-0.15, -0.1) is 0 Å². The van der Waals surface area contributed by atoms with E-state index in [0.29, 0.717) is 25.8 Å². The molecule has 1 aliphatic heterocycles. The Kier molecular flexibility index (Phi) is 11.3. The Balaban J connectivity index is 0.00000320. The molecule has 3 heteroatoms. The van der Waals surface area contributed by atoms with Gasteiger partial charge in [0.05, 0.1) is 0 Å². The third-order valence-corrected chi connectivity index (χ3v) is 10.3. The Labute approximate surface area is 240 Å². The van der Waals surface area contributed by atoms with E-state index in [2.05, 4.69) is 91.1 Å². The third-order valence-electron chi connectivity index (χ3n) is 7.55. The van der Waals surface area contributed by atoms with Gasteiger partial charge in [-0.2, -0.15) is 0 Å². The van der Waals surface area contributed by atoms with Gasteiger partial charge in [0, 0.05) is 16.5 Å². The van der Waals surface area contributed by atoms with Gasteiger partial charge in [0.25, 0.3) is 0 Å². The predicted octanol–water partition coefficient (Wildman–Crippen LogP) is 8.41. The van der Waals surface area contributed by atoms with Crippen LogP contribution >= 0.6 is 0 Å². The molecule has 0 fully saturated rings. The Bertz CT molecular complexity index is 1140. The van der Waals surface area contributed by atoms with Crippen LogP contribution in [0.2, 0.25) is 4.82 Å². The van der Waals surface area contributed by atoms with E-state index in [0.717, 1.165) is 25.7 Å². The first-order valence-corrected chi connectivity index (χ1v) is 15.8. The van der Waals surface area contributed by atoms with Gasteiger partial charge in [-0.3, -0.25) is 0 Å². The number of nitrogens with zero attached hydrogens (tertiary/aromatic N) is 1. The van der Waals surface area contributed by atoms with E-state index in [4.69, 9.17) is 4.99 Å². The molecule has 0 aromatic heterocycles. The molecule has 2 unspecified atom stereocenters. The van der Waals surface area contributed by atoms with Crippen LogP contribution in [-0.2, 0) is 16.5 Å². The number of hydrogen-bond acceptors (Lipinski definition) is 1. The Morgan fingerprint density at radius 2 is 1.38 bits per heavy atom. The van der Waals surface area contributed by atoms with Gasteiger partial charge in [0.2, 0.25) is 0 Å². The Hall–Kier alpha value is -1.92. The molecule has 0 saturated carbocycles. The van der Waals surface area contributed by atoms with Crippen LogP contribution in [0.3, 0.4) is 0 Å². The first-order chi connectivity index (χ1) is 17.8. The molecule has 2 aliphatic carbocycles. The standard InChI is InChI=1S/C34H39NSe.Ni/c1-3-8-14-27(15-9-4-1)26-34(36-31-18-12-7-13-19-31)33-25-24-32(35-33)30-22-20-29(21-23-30)28-16-10-5-2-6-11-17-28;/h1-3,5,7,12-13,15,17-23,33-34H,4,6,8-11,14,16,24-26H2;. The summed E-state index contributed by atoms with van der Waals surface area (Å²) in [6.07, 6.45) is 27.3. The van der Waals surface area contributed by atoms with E-state index < -0.39 is 0 Å². The molecule has 3 aliphatic rings. The predicted molar refractivity (Wildman–Crippen MR) is 157 cm³/mol. The van der Waals surface area contributed by atoms with Crippen molar-refractivity contribution >= 4 is 30.7 Å². The average Bonchev–Trinajstić information content (AvgIpc) is 3.36. The van der Waals surface area contributed by atoms with Gasteiger partial charge in [0.15, 0.2) is 0 Å². The number of benzene rings is 2. The summed E-state index contributed by atoms with van der Waals surface area (Å²) in [7, 11) is 0. The van der Waals surface area contributed by atoms with E-state index in [-0.39, 0.29) is 16.5 Å². The van der Waals surface area contributed by atoms with Crippen LogP contribution in [0.15, 0.2) is 102 Å². The average molecular weight is 599 g/mol. The second-order valence-electron chi connectivity index (χ2n) is 10.2. The van der Waals surface area contributed by atoms with Crippen molar-refractivity contribution in [3.8, 4) is 0 Å². The van der Waals surface area contributed by atoms with Gasteiger partial charge >= 0.3 is 219 Å². The SMILES string of the molecule is C1=CCCC(CC([Se]c2ccccc2)C2CCC(c3ccc(C4=CCCC=CCC4)cc3)=N2)=CCC1.[Ni]. The minimum Gasteiger partial charge on any atom is 0 e. The fourth-order valence-corrected chi connectivity index (χ4v) is 8.29. The third kappa shape index (κ3) is 8.28. The van der Waals surface area contributed by atoms with Gasteiger partial charge in [-0.1, -0.05) is 6.08 Å². The number of hydrogen-bond donors (Lipinski definition) is 0. The maximum atomic E-state index is 5.40. The second kappa shape index (κ2) is 14.9. The van der Waals surface area contributed by atoms with Crippen LogP contribution in [0.4, 0.5) is 0 Å². The summed E-state index contributed by atoms with van der Waals surface area (Å²) in [5.41, 5.74) is 7.21. The largest absolute Gasteiger partial charge is 0 e. The monoisotopic (exact) mass is 599 g/mol. The zero-order valence-electron chi connectivity index (χ0n) is 21.8. The maximum Gasteiger partial charge on any atom is 0 e. The molecular formula is C34H39NNiSe. The zero-order valence-corrected chi connectivity index (χ0v) is 24.5. The van der Waals surface area contributed by atoms with Crippen LogP contribution in [0.25, 0.3) is 5.57 Å². The van der Waals surface area contributed by atoms with Crippen LogP contribution in [0, 0.1) is 0 Å². The molecule has 0 radical (unpaired) electrons. The number of allylic oxidation sites excluding steroid dienone is 8. The van der Waals surface area contributed by atoms with Gasteiger partial charge in [-0.25, -0.2) is 0 Å². The van der Waals surface area contributed by atoms with E-state index in [1.807, 2.05) is 0 Å². The first kappa shape index (κ1) is 28.1. The van der Waals surface area contributed by atoms with E-state index in [1.54, 1.807) is 5.57 Å². The van der Waals surface area contributed by atoms with Crippen LogP contribution in [0.1, 0.15) is 81.8 Å². The molecule has 2 atom stereocenters. The van der Waals surface area contributed by atoms with Crippen molar-refractivity contribution in [2.45, 2.75) is 81.5 Å². The zero-order chi connectivity index (χ0) is 24.4. The second-order valence-corrected chi connectivity index (χ2v) is 13.0. The van der Waals surface area contributed by atoms with E-state index in [9.17, 15) is 0 Å². The van der Waals surface area contributed by atoms with Crippen molar-refractivity contribution < 1.29 is 16.5 Å². The molecule has 5 rings (SSSR count). The normalized spacial score (nSPS) is 20.9. The van der Waals surface area contributed by atoms with E-state index in [1.165, 1.54) is 71.8 Å². The smallest absolute Gasteiger partial charge is 0 e. The molecule has 196 valence electrons. The van der Waals surface area contributed by atoms with Crippen molar-refractivity contribution in [2.75, 3.05) is 0 Å². The maximum absolute atomic E-state index is 5.40. The number of rotatable bonds is 7. The van der Waals surface area contributed by atoms with Crippen molar-refractivity contribution in [2.24, 2.45) is 4.99 Å². The quantitative estimate of drug-likeness (QED) is 0.224. The molecule has 1 heterocycles. The molecule has 2 aromatic rings. The van der Waals surface area contributed by atoms with Crippen LogP contribution < -0.4 is 4.46 Å². The summed E-state index contributed by atoms with van der Waals surface area (Å²) < 4.78 is 1.51. The molecule has 0 bridgehead atoms. The van der Waals surface area contributed by atoms with Gasteiger partial charge in [0.1, 0.15) is 0 Å². The minimum absolute atomic E-state index is 0. The molecule has 0 spiro atoms. The molecule has 1 nitrogen and oxygen atoms in total. The molecule has 37 heavy (non-hydrogen) atoms. The van der Waals surface area contributed by atoms with Crippen LogP contribution in [0.5, 0.6) is 0 Å². The fraction of sp³-hybridized carbons (Fsp3) is 0.382. The summed E-state index contributed by atoms with van der Waals surface area (Å²) in [5.74, 6) is 0. The molecular weight excluding hydrogens is 560 g/mol. The first-order valence-electron chi connectivity index (χ1n) is 13.9. The fourth-order valence-electron chi connectivity index (χ4n) is 5.54. The number of aliphatic imine (C=N–C) groups is 1. The molecule has 0 amide bonds. The molecule has 0 N–H and O–H groups in total. The van der Waals surface area contributed by atoms with Crippen molar-refractivity contribution in [3.05, 3.63) is 108 Å². The summed E-state index contributed by atoms with van der Waals surface area (Å²) >= 11 is 0.437. The summed E-state index contributed by atoms with van der Waals surface area (Å²) in [6, 6.07) is 20.9. The summed E-state index contributed by atoms with van der Waals surface area (Å²) in [4.78, 5) is 6.04. The van der Waals surface area contributed by atoms with E-state index >= 15 is 0 Å². The van der Waals surface area contributed by atoms with Crippen LogP contribution in [-0.4, -0.2) is 26.7 Å². The molecule has 2 aromatic carbocycles. The van der Waals surface area contributed by atoms with Crippen molar-refractivity contribution in [3.63, 3.8) is 0 Å². The minimum atomic E-state index is 0. The Morgan fingerprint density at radius 1 is 0.703 bits per heavy atom. The summed E-state index contributed by atoms with van der Waals surface area (Å²) in [6.45, 7) is 0. The van der Waals surface area contributed by atoms with Gasteiger partial charge in [-0.05, 0) is 0 Å². The Morgan fingerprint density at radius 3 is 2.16 bits per heavy atom. The van der Waals surface area contributed by atoms with Crippen molar-refractivity contribution in [1.82, 2.24) is 0 Å². The molecule has 0 saturated heterocycles. The van der Waals surface area contributed by atoms with Gasteiger partial charge < -0.3 is 0 Å². The topological polar surface area (TPSA) is 12.4 Å². The summed E-state index contributed by atoms with van der Waals surface area (Å²) in [5, 5.41) is 0.